The minimum atomic E-state index is -1.11. The standard InChI is InChI=1S/C21H25FO3/c1-20-8-6-15-13(14(20)3-4-16(20)19(25)11-23)10-18(22)17-9-12(24)5-7-21(15,17)2/h5-7,9,13-14,16,18,23H,3-4,8,10-11H2,1-2H3/t13?,14?,16-,18+,20+,21-/m1/s1. The van der Waals surface area contributed by atoms with Crippen molar-refractivity contribution in [2.24, 2.45) is 28.6 Å². The Hall–Kier alpha value is -1.55. The maximum Gasteiger partial charge on any atom is 0.178 e. The quantitative estimate of drug-likeness (QED) is 0.782. The van der Waals surface area contributed by atoms with E-state index in [-0.39, 0.29) is 34.7 Å². The van der Waals surface area contributed by atoms with Crippen molar-refractivity contribution in [1.82, 2.24) is 0 Å². The fourth-order valence-electron chi connectivity index (χ4n) is 6.17. The Morgan fingerprint density at radius 3 is 2.80 bits per heavy atom. The molecule has 0 saturated heterocycles. The Morgan fingerprint density at radius 2 is 2.08 bits per heavy atom. The number of Topliss-reactive ketones (excluding diaryl/α,β-unsaturated/α-hetero) is 1. The number of aliphatic hydroxyl groups is 1. The van der Waals surface area contributed by atoms with Gasteiger partial charge in [-0.3, -0.25) is 9.59 Å². The molecule has 1 N–H and O–H groups in total. The first-order chi connectivity index (χ1) is 11.8. The van der Waals surface area contributed by atoms with Gasteiger partial charge in [-0.2, -0.15) is 0 Å². The van der Waals surface area contributed by atoms with Crippen LogP contribution in [0.1, 0.15) is 39.5 Å². The highest BCUT2D eigenvalue weighted by atomic mass is 19.1. The normalized spacial score (nSPS) is 45.2. The molecule has 0 aliphatic heterocycles. The summed E-state index contributed by atoms with van der Waals surface area (Å²) in [6.07, 6.45) is 8.84. The van der Waals surface area contributed by atoms with Crippen molar-refractivity contribution >= 4 is 11.6 Å². The molecule has 0 aromatic carbocycles. The summed E-state index contributed by atoms with van der Waals surface area (Å²) in [5.74, 6) is 0.0150. The predicted octanol–water partition coefficient (Wildman–Crippen LogP) is 3.34. The first kappa shape index (κ1) is 16.9. The van der Waals surface area contributed by atoms with Gasteiger partial charge in [0.15, 0.2) is 11.6 Å². The number of ketones is 2. The molecule has 3 nitrogen and oxygen atoms in total. The van der Waals surface area contributed by atoms with Gasteiger partial charge in [-0.1, -0.05) is 24.6 Å². The first-order valence-electron chi connectivity index (χ1n) is 9.24. The Morgan fingerprint density at radius 1 is 1.32 bits per heavy atom. The number of rotatable bonds is 2. The molecule has 2 unspecified atom stereocenters. The van der Waals surface area contributed by atoms with E-state index in [0.717, 1.165) is 19.3 Å². The summed E-state index contributed by atoms with van der Waals surface area (Å²) >= 11 is 0. The van der Waals surface area contributed by atoms with E-state index in [9.17, 15) is 14.7 Å². The molecule has 134 valence electrons. The highest BCUT2D eigenvalue weighted by Gasteiger charge is 2.58. The van der Waals surface area contributed by atoms with Crippen molar-refractivity contribution in [2.45, 2.75) is 45.7 Å². The average molecular weight is 344 g/mol. The maximum absolute atomic E-state index is 15.0. The molecule has 0 aromatic rings. The molecule has 0 heterocycles. The lowest BCUT2D eigenvalue weighted by Gasteiger charge is -2.53. The van der Waals surface area contributed by atoms with Crippen LogP contribution in [0.2, 0.25) is 0 Å². The maximum atomic E-state index is 15.0. The summed E-state index contributed by atoms with van der Waals surface area (Å²) in [5.41, 5.74) is 1.10. The Kier molecular flexibility index (Phi) is 3.70. The number of aliphatic hydroxyl groups excluding tert-OH is 1. The summed E-state index contributed by atoms with van der Waals surface area (Å²) in [6.45, 7) is 3.74. The fraction of sp³-hybridized carbons (Fsp3) is 0.619. The molecule has 0 bridgehead atoms. The van der Waals surface area contributed by atoms with E-state index < -0.39 is 18.2 Å². The molecular formula is C21H25FO3. The van der Waals surface area contributed by atoms with Gasteiger partial charge in [-0.15, -0.1) is 0 Å². The van der Waals surface area contributed by atoms with E-state index in [1.54, 1.807) is 6.08 Å². The third-order valence-electron chi connectivity index (χ3n) is 7.48. The van der Waals surface area contributed by atoms with Crippen molar-refractivity contribution < 1.29 is 19.1 Å². The zero-order valence-electron chi connectivity index (χ0n) is 14.8. The second-order valence-corrected chi connectivity index (χ2v) is 8.58. The van der Waals surface area contributed by atoms with Crippen LogP contribution in [0.15, 0.2) is 35.5 Å². The summed E-state index contributed by atoms with van der Waals surface area (Å²) < 4.78 is 15.0. The molecular weight excluding hydrogens is 319 g/mol. The first-order valence-corrected chi connectivity index (χ1v) is 9.24. The molecule has 0 amide bonds. The molecule has 4 aliphatic rings. The molecule has 0 radical (unpaired) electrons. The third kappa shape index (κ3) is 2.19. The van der Waals surface area contributed by atoms with Crippen LogP contribution < -0.4 is 0 Å². The number of carbonyl (C=O) groups excluding carboxylic acids is 2. The van der Waals surface area contributed by atoms with Gasteiger partial charge in [0.05, 0.1) is 0 Å². The summed E-state index contributed by atoms with van der Waals surface area (Å²) in [6, 6.07) is 0. The number of halogens is 1. The number of hydrogen-bond acceptors (Lipinski definition) is 3. The Balaban J connectivity index is 1.76. The predicted molar refractivity (Wildman–Crippen MR) is 92.5 cm³/mol. The zero-order chi connectivity index (χ0) is 18.0. The van der Waals surface area contributed by atoms with Gasteiger partial charge in [-0.05, 0) is 67.6 Å². The summed E-state index contributed by atoms with van der Waals surface area (Å²) in [4.78, 5) is 24.0. The Bertz CT molecular complexity index is 733. The van der Waals surface area contributed by atoms with Crippen molar-refractivity contribution in [2.75, 3.05) is 6.61 Å². The molecule has 6 atom stereocenters. The van der Waals surface area contributed by atoms with Crippen molar-refractivity contribution in [3.05, 3.63) is 35.5 Å². The van der Waals surface area contributed by atoms with Crippen LogP contribution in [0.4, 0.5) is 4.39 Å². The molecule has 0 spiro atoms. The highest BCUT2D eigenvalue weighted by molar-refractivity contribution is 6.01. The minimum Gasteiger partial charge on any atom is -0.389 e. The van der Waals surface area contributed by atoms with Crippen LogP contribution in [-0.4, -0.2) is 29.5 Å². The van der Waals surface area contributed by atoms with E-state index in [2.05, 4.69) is 13.0 Å². The van der Waals surface area contributed by atoms with Crippen LogP contribution in [-0.2, 0) is 9.59 Å². The number of allylic oxidation sites excluding steroid dienone is 6. The van der Waals surface area contributed by atoms with Crippen molar-refractivity contribution in [3.63, 3.8) is 0 Å². The van der Waals surface area contributed by atoms with Gasteiger partial charge in [0.2, 0.25) is 0 Å². The zero-order valence-corrected chi connectivity index (χ0v) is 14.8. The van der Waals surface area contributed by atoms with Crippen LogP contribution in [0.25, 0.3) is 0 Å². The Labute approximate surface area is 147 Å². The molecule has 2 fully saturated rings. The second kappa shape index (κ2) is 5.47. The second-order valence-electron chi connectivity index (χ2n) is 8.58. The molecule has 4 heteroatoms. The van der Waals surface area contributed by atoms with E-state index in [1.165, 1.54) is 11.6 Å². The lowest BCUT2D eigenvalue weighted by Crippen LogP contribution is -2.47. The van der Waals surface area contributed by atoms with Gasteiger partial charge in [0.25, 0.3) is 0 Å². The van der Waals surface area contributed by atoms with E-state index in [0.29, 0.717) is 12.0 Å². The molecule has 4 aliphatic carbocycles. The van der Waals surface area contributed by atoms with E-state index in [1.807, 2.05) is 13.0 Å². The lowest BCUT2D eigenvalue weighted by molar-refractivity contribution is -0.129. The monoisotopic (exact) mass is 344 g/mol. The fourth-order valence-corrected chi connectivity index (χ4v) is 6.17. The number of carbonyl (C=O) groups is 2. The van der Waals surface area contributed by atoms with Gasteiger partial charge in [-0.25, -0.2) is 4.39 Å². The van der Waals surface area contributed by atoms with Crippen molar-refractivity contribution in [3.8, 4) is 0 Å². The topological polar surface area (TPSA) is 54.4 Å². The van der Waals surface area contributed by atoms with Gasteiger partial charge in [0.1, 0.15) is 12.8 Å². The number of hydrogen-bond donors (Lipinski definition) is 1. The average Bonchev–Trinajstić information content (AvgIpc) is 2.93. The smallest absolute Gasteiger partial charge is 0.178 e. The summed E-state index contributed by atoms with van der Waals surface area (Å²) in [5, 5.41) is 9.32. The van der Waals surface area contributed by atoms with Crippen LogP contribution >= 0.6 is 0 Å². The van der Waals surface area contributed by atoms with Crippen LogP contribution in [0.3, 0.4) is 0 Å². The number of fused-ring (bicyclic) bond motifs is 5. The number of alkyl halides is 1. The van der Waals surface area contributed by atoms with Crippen LogP contribution in [0, 0.1) is 28.6 Å². The van der Waals surface area contributed by atoms with Gasteiger partial charge >= 0.3 is 0 Å². The summed E-state index contributed by atoms with van der Waals surface area (Å²) in [7, 11) is 0. The van der Waals surface area contributed by atoms with E-state index >= 15 is 4.39 Å². The van der Waals surface area contributed by atoms with Gasteiger partial charge < -0.3 is 5.11 Å². The largest absolute Gasteiger partial charge is 0.389 e. The molecule has 0 aromatic heterocycles. The minimum absolute atomic E-state index is 0.0792. The lowest BCUT2D eigenvalue weighted by atomic mass is 9.51. The molecule has 25 heavy (non-hydrogen) atoms. The van der Waals surface area contributed by atoms with Crippen molar-refractivity contribution in [1.29, 1.82) is 0 Å². The van der Waals surface area contributed by atoms with Crippen LogP contribution in [0.5, 0.6) is 0 Å². The highest BCUT2D eigenvalue weighted by Crippen LogP contribution is 2.64. The van der Waals surface area contributed by atoms with Gasteiger partial charge in [0, 0.05) is 11.3 Å². The third-order valence-corrected chi connectivity index (χ3v) is 7.48. The van der Waals surface area contributed by atoms with E-state index in [4.69, 9.17) is 0 Å². The molecule has 2 saturated carbocycles. The SMILES string of the molecule is C[C@]12C=CC(=O)C=C1[C@@H](F)CC1C2=CC[C@@]2(C)C1CC[C@@H]2C(=O)CO. The molecule has 4 rings (SSSR count).